The van der Waals surface area contributed by atoms with Crippen molar-refractivity contribution < 1.29 is 14.4 Å². The van der Waals surface area contributed by atoms with Gasteiger partial charge in [0.05, 0.1) is 0 Å². The van der Waals surface area contributed by atoms with Crippen LogP contribution >= 0.6 is 0 Å². The highest BCUT2D eigenvalue weighted by Gasteiger charge is 2.25. The number of rotatable bonds is 6. The highest BCUT2D eigenvalue weighted by Crippen LogP contribution is 2.08. The molecule has 5 N–H and O–H groups in total. The van der Waals surface area contributed by atoms with Crippen molar-refractivity contribution in [3.8, 4) is 0 Å². The molecule has 0 heterocycles. The molecule has 0 aromatic heterocycles. The smallest absolute Gasteiger partial charge is 0.312 e. The Morgan fingerprint density at radius 2 is 1.70 bits per heavy atom. The summed E-state index contributed by atoms with van der Waals surface area (Å²) >= 11 is 0. The summed E-state index contributed by atoms with van der Waals surface area (Å²) in [6.45, 7) is 5.73. The van der Waals surface area contributed by atoms with Gasteiger partial charge in [-0.25, -0.2) is 4.79 Å². The lowest BCUT2D eigenvalue weighted by Crippen LogP contribution is -2.55. The number of benzene rings is 1. The Morgan fingerprint density at radius 3 is 2.17 bits per heavy atom. The van der Waals surface area contributed by atoms with Crippen molar-refractivity contribution in [2.45, 2.75) is 39.7 Å². The Balaban J connectivity index is 2.64. The minimum Gasteiger partial charge on any atom is -0.352 e. The van der Waals surface area contributed by atoms with E-state index in [-0.39, 0.29) is 5.92 Å². The summed E-state index contributed by atoms with van der Waals surface area (Å²) in [6.07, 6.45) is 1.55. The number of carbonyl (C=O) groups excluding carboxylic acids is 3. The SMILES string of the molecule is CCc1ccc(C(=O)NNC(=O)[C@@H](NC(N)=O)[C@@H](C)CC)cc1. The van der Waals surface area contributed by atoms with Crippen LogP contribution in [0.25, 0.3) is 0 Å². The normalized spacial score (nSPS) is 12.8. The van der Waals surface area contributed by atoms with Crippen LogP contribution in [0.5, 0.6) is 0 Å². The summed E-state index contributed by atoms with van der Waals surface area (Å²) in [5.41, 5.74) is 11.3. The fourth-order valence-corrected chi connectivity index (χ4v) is 2.02. The van der Waals surface area contributed by atoms with Crippen molar-refractivity contribution in [1.29, 1.82) is 0 Å². The van der Waals surface area contributed by atoms with E-state index in [1.165, 1.54) is 0 Å². The number of hydrogen-bond acceptors (Lipinski definition) is 3. The third-order valence-corrected chi connectivity index (χ3v) is 3.72. The van der Waals surface area contributed by atoms with Crippen molar-refractivity contribution in [2.75, 3.05) is 0 Å². The monoisotopic (exact) mass is 320 g/mol. The Labute approximate surface area is 136 Å². The molecule has 1 aromatic carbocycles. The largest absolute Gasteiger partial charge is 0.352 e. The molecule has 0 saturated carbocycles. The van der Waals surface area contributed by atoms with E-state index in [0.717, 1.165) is 12.0 Å². The maximum atomic E-state index is 12.1. The van der Waals surface area contributed by atoms with Crippen LogP contribution in [0.1, 0.15) is 43.1 Å². The zero-order valence-electron chi connectivity index (χ0n) is 13.7. The van der Waals surface area contributed by atoms with Crippen molar-refractivity contribution in [3.05, 3.63) is 35.4 Å². The predicted octanol–water partition coefficient (Wildman–Crippen LogP) is 1.09. The number of hydrogen-bond donors (Lipinski definition) is 4. The van der Waals surface area contributed by atoms with Gasteiger partial charge in [-0.3, -0.25) is 20.4 Å². The van der Waals surface area contributed by atoms with Crippen molar-refractivity contribution >= 4 is 17.8 Å². The van der Waals surface area contributed by atoms with E-state index in [4.69, 9.17) is 5.73 Å². The number of urea groups is 1. The second-order valence-corrected chi connectivity index (χ2v) is 5.37. The first-order valence-electron chi connectivity index (χ1n) is 7.64. The average molecular weight is 320 g/mol. The lowest BCUT2D eigenvalue weighted by Gasteiger charge is -2.22. The van der Waals surface area contributed by atoms with E-state index in [0.29, 0.717) is 12.0 Å². The summed E-state index contributed by atoms with van der Waals surface area (Å²) in [4.78, 5) is 35.1. The molecule has 0 aliphatic heterocycles. The first-order chi connectivity index (χ1) is 10.9. The van der Waals surface area contributed by atoms with Gasteiger partial charge < -0.3 is 11.1 Å². The van der Waals surface area contributed by atoms with E-state index in [9.17, 15) is 14.4 Å². The molecule has 23 heavy (non-hydrogen) atoms. The summed E-state index contributed by atoms with van der Waals surface area (Å²) in [5, 5.41) is 2.38. The standard InChI is InChI=1S/C16H24N4O3/c1-4-10(3)13(18-16(17)23)15(22)20-19-14(21)12-8-6-11(5-2)7-9-12/h6-10,13H,4-5H2,1-3H3,(H,19,21)(H,20,22)(H3,17,18,23)/t10-,13-/m0/s1. The number of amides is 4. The number of aryl methyl sites for hydroxylation is 1. The van der Waals surface area contributed by atoms with Crippen molar-refractivity contribution in [3.63, 3.8) is 0 Å². The van der Waals surface area contributed by atoms with Crippen molar-refractivity contribution in [1.82, 2.24) is 16.2 Å². The molecule has 1 rings (SSSR count). The van der Waals surface area contributed by atoms with Crippen LogP contribution in [-0.2, 0) is 11.2 Å². The maximum absolute atomic E-state index is 12.1. The minimum atomic E-state index is -0.805. The first kappa shape index (κ1) is 18.5. The molecule has 0 unspecified atom stereocenters. The molecule has 0 fully saturated rings. The molecule has 126 valence electrons. The molecule has 0 bridgehead atoms. The van der Waals surface area contributed by atoms with Gasteiger partial charge in [0.1, 0.15) is 6.04 Å². The lowest BCUT2D eigenvalue weighted by atomic mass is 9.99. The van der Waals surface area contributed by atoms with Gasteiger partial charge in [0.25, 0.3) is 11.8 Å². The maximum Gasteiger partial charge on any atom is 0.312 e. The Bertz CT molecular complexity index is 557. The van der Waals surface area contributed by atoms with Crippen molar-refractivity contribution in [2.24, 2.45) is 11.7 Å². The third-order valence-electron chi connectivity index (χ3n) is 3.72. The Hall–Kier alpha value is -2.57. The number of primary amides is 1. The fourth-order valence-electron chi connectivity index (χ4n) is 2.02. The van der Waals surface area contributed by atoms with Gasteiger partial charge in [-0.2, -0.15) is 0 Å². The van der Waals surface area contributed by atoms with Gasteiger partial charge in [-0.05, 0) is 30.0 Å². The van der Waals surface area contributed by atoms with Crippen LogP contribution in [-0.4, -0.2) is 23.9 Å². The number of hydrazine groups is 1. The molecular weight excluding hydrogens is 296 g/mol. The number of nitrogens with two attached hydrogens (primary N) is 1. The van der Waals surface area contributed by atoms with Gasteiger partial charge >= 0.3 is 6.03 Å². The lowest BCUT2D eigenvalue weighted by molar-refractivity contribution is -0.124. The molecular formula is C16H24N4O3. The van der Waals surface area contributed by atoms with E-state index < -0.39 is 23.9 Å². The number of nitrogens with one attached hydrogen (secondary N) is 3. The molecule has 0 aliphatic rings. The quantitative estimate of drug-likeness (QED) is 0.588. The van der Waals surface area contributed by atoms with Gasteiger partial charge in [-0.1, -0.05) is 39.3 Å². The third kappa shape index (κ3) is 5.61. The molecule has 0 spiro atoms. The van der Waals surface area contributed by atoms with Gasteiger partial charge in [-0.15, -0.1) is 0 Å². The molecule has 7 heteroatoms. The van der Waals surface area contributed by atoms with Crippen LogP contribution in [0.4, 0.5) is 4.79 Å². The predicted molar refractivity (Wildman–Crippen MR) is 87.4 cm³/mol. The first-order valence-corrected chi connectivity index (χ1v) is 7.64. The molecule has 4 amide bonds. The highest BCUT2D eigenvalue weighted by molar-refractivity contribution is 5.96. The topological polar surface area (TPSA) is 113 Å². The van der Waals surface area contributed by atoms with Crippen LogP contribution in [0.2, 0.25) is 0 Å². The molecule has 2 atom stereocenters. The van der Waals surface area contributed by atoms with Gasteiger partial charge in [0.2, 0.25) is 0 Å². The van der Waals surface area contributed by atoms with Crippen LogP contribution in [0, 0.1) is 5.92 Å². The van der Waals surface area contributed by atoms with Gasteiger partial charge in [0.15, 0.2) is 0 Å². The number of carbonyl (C=O) groups is 3. The molecule has 0 aliphatic carbocycles. The van der Waals surface area contributed by atoms with E-state index in [2.05, 4.69) is 16.2 Å². The van der Waals surface area contributed by atoms with Crippen LogP contribution in [0.3, 0.4) is 0 Å². The average Bonchev–Trinajstić information content (AvgIpc) is 2.56. The second-order valence-electron chi connectivity index (χ2n) is 5.37. The van der Waals surface area contributed by atoms with E-state index in [1.54, 1.807) is 12.1 Å². The van der Waals surface area contributed by atoms with Gasteiger partial charge in [0, 0.05) is 5.56 Å². The highest BCUT2D eigenvalue weighted by atomic mass is 16.2. The second kappa shape index (κ2) is 8.77. The van der Waals surface area contributed by atoms with Crippen LogP contribution in [0.15, 0.2) is 24.3 Å². The molecule has 0 saturated heterocycles. The molecule has 7 nitrogen and oxygen atoms in total. The van der Waals surface area contributed by atoms with E-state index in [1.807, 2.05) is 32.9 Å². The Kier molecular flexibility index (Phi) is 7.05. The Morgan fingerprint density at radius 1 is 1.09 bits per heavy atom. The minimum absolute atomic E-state index is 0.122. The summed E-state index contributed by atoms with van der Waals surface area (Å²) in [6, 6.07) is 5.50. The molecule has 1 aromatic rings. The van der Waals surface area contributed by atoms with Crippen LogP contribution < -0.4 is 21.9 Å². The fraction of sp³-hybridized carbons (Fsp3) is 0.438. The summed E-state index contributed by atoms with van der Waals surface area (Å²) < 4.78 is 0. The zero-order chi connectivity index (χ0) is 17.4. The zero-order valence-corrected chi connectivity index (χ0v) is 13.7. The molecule has 0 radical (unpaired) electrons. The summed E-state index contributed by atoms with van der Waals surface area (Å²) in [5.74, 6) is -1.07. The summed E-state index contributed by atoms with van der Waals surface area (Å²) in [7, 11) is 0. The van der Waals surface area contributed by atoms with E-state index >= 15 is 0 Å².